The minimum absolute atomic E-state index is 0.514. The topological polar surface area (TPSA) is 15.3 Å². The maximum Gasteiger partial charge on any atom is 0.0317 e. The van der Waals surface area contributed by atoms with Gasteiger partial charge in [0, 0.05) is 6.04 Å². The van der Waals surface area contributed by atoms with Crippen molar-refractivity contribution in [3.05, 3.63) is 35.4 Å². The molecular formula is C18H30N2. The fraction of sp³-hybridized carbons (Fsp3) is 0.667. The van der Waals surface area contributed by atoms with Gasteiger partial charge in [-0.25, -0.2) is 0 Å². The lowest BCUT2D eigenvalue weighted by molar-refractivity contribution is 0.187. The van der Waals surface area contributed by atoms with Crippen molar-refractivity contribution in [2.24, 2.45) is 5.92 Å². The van der Waals surface area contributed by atoms with E-state index in [0.717, 1.165) is 12.3 Å². The summed E-state index contributed by atoms with van der Waals surface area (Å²) in [5, 5.41) is 3.79. The highest BCUT2D eigenvalue weighted by Crippen LogP contribution is 2.20. The van der Waals surface area contributed by atoms with Gasteiger partial charge < -0.3 is 10.2 Å². The molecule has 2 heteroatoms. The van der Waals surface area contributed by atoms with Gasteiger partial charge in [0.25, 0.3) is 0 Å². The molecule has 1 atom stereocenters. The predicted molar refractivity (Wildman–Crippen MR) is 87.1 cm³/mol. The van der Waals surface area contributed by atoms with Crippen LogP contribution in [0, 0.1) is 12.8 Å². The summed E-state index contributed by atoms with van der Waals surface area (Å²) in [6.07, 6.45) is 3.87. The van der Waals surface area contributed by atoms with Gasteiger partial charge in [-0.2, -0.15) is 0 Å². The van der Waals surface area contributed by atoms with E-state index in [0.29, 0.717) is 6.04 Å². The largest absolute Gasteiger partial charge is 0.310 e. The third kappa shape index (κ3) is 4.32. The Kier molecular flexibility index (Phi) is 6.06. The standard InChI is InChI=1S/C18H30N2/c1-4-18(17-8-6-15(3)7-9-17)19-14-16-10-12-20(5-2)13-11-16/h6-9,16,18-19H,4-5,10-14H2,1-3H3. The van der Waals surface area contributed by atoms with Gasteiger partial charge in [0.2, 0.25) is 0 Å². The zero-order chi connectivity index (χ0) is 14.4. The third-order valence-corrected chi connectivity index (χ3v) is 4.70. The second-order valence-electron chi connectivity index (χ2n) is 6.16. The van der Waals surface area contributed by atoms with Crippen LogP contribution in [0.3, 0.4) is 0 Å². The molecule has 0 saturated carbocycles. The number of aryl methyl sites for hydroxylation is 1. The van der Waals surface area contributed by atoms with Gasteiger partial charge in [0.05, 0.1) is 0 Å². The molecule has 1 heterocycles. The minimum atomic E-state index is 0.514. The quantitative estimate of drug-likeness (QED) is 0.849. The molecule has 0 aliphatic carbocycles. The second-order valence-corrected chi connectivity index (χ2v) is 6.16. The zero-order valence-electron chi connectivity index (χ0n) is 13.4. The number of piperidine rings is 1. The first-order chi connectivity index (χ1) is 9.72. The van der Waals surface area contributed by atoms with E-state index in [9.17, 15) is 0 Å². The Hall–Kier alpha value is -0.860. The lowest BCUT2D eigenvalue weighted by Gasteiger charge is -2.32. The summed E-state index contributed by atoms with van der Waals surface area (Å²) in [7, 11) is 0. The van der Waals surface area contributed by atoms with Crippen LogP contribution in [0.1, 0.15) is 50.3 Å². The maximum atomic E-state index is 3.79. The molecule has 20 heavy (non-hydrogen) atoms. The third-order valence-electron chi connectivity index (χ3n) is 4.70. The highest BCUT2D eigenvalue weighted by Gasteiger charge is 2.19. The number of likely N-dealkylation sites (tertiary alicyclic amines) is 1. The van der Waals surface area contributed by atoms with Crippen LogP contribution in [-0.4, -0.2) is 31.1 Å². The summed E-state index contributed by atoms with van der Waals surface area (Å²) >= 11 is 0. The lowest BCUT2D eigenvalue weighted by atomic mass is 9.95. The summed E-state index contributed by atoms with van der Waals surface area (Å²) in [5.74, 6) is 0.859. The molecule has 1 aliphatic rings. The van der Waals surface area contributed by atoms with Crippen molar-refractivity contribution in [2.75, 3.05) is 26.2 Å². The van der Waals surface area contributed by atoms with Crippen molar-refractivity contribution < 1.29 is 0 Å². The average molecular weight is 274 g/mol. The minimum Gasteiger partial charge on any atom is -0.310 e. The molecule has 1 saturated heterocycles. The molecule has 1 aromatic rings. The molecule has 1 N–H and O–H groups in total. The first kappa shape index (κ1) is 15.5. The van der Waals surface area contributed by atoms with Gasteiger partial charge in [-0.3, -0.25) is 0 Å². The van der Waals surface area contributed by atoms with Crippen LogP contribution < -0.4 is 5.32 Å². The first-order valence-corrected chi connectivity index (χ1v) is 8.25. The van der Waals surface area contributed by atoms with Gasteiger partial charge in [-0.05, 0) is 63.8 Å². The molecule has 0 aromatic heterocycles. The number of rotatable bonds is 6. The number of nitrogens with zero attached hydrogens (tertiary/aromatic N) is 1. The number of hydrogen-bond donors (Lipinski definition) is 1. The fourth-order valence-electron chi connectivity index (χ4n) is 3.11. The van der Waals surface area contributed by atoms with Crippen molar-refractivity contribution in [3.63, 3.8) is 0 Å². The van der Waals surface area contributed by atoms with E-state index in [1.165, 1.54) is 50.1 Å². The van der Waals surface area contributed by atoms with Gasteiger partial charge >= 0.3 is 0 Å². The second kappa shape index (κ2) is 7.80. The van der Waals surface area contributed by atoms with E-state index in [-0.39, 0.29) is 0 Å². The van der Waals surface area contributed by atoms with Gasteiger partial charge in [0.15, 0.2) is 0 Å². The summed E-state index contributed by atoms with van der Waals surface area (Å²) < 4.78 is 0. The highest BCUT2D eigenvalue weighted by atomic mass is 15.1. The molecule has 0 radical (unpaired) electrons. The Labute approximate surface area is 124 Å². The van der Waals surface area contributed by atoms with Crippen LogP contribution in [-0.2, 0) is 0 Å². The van der Waals surface area contributed by atoms with Crippen molar-refractivity contribution in [2.45, 2.75) is 46.1 Å². The van der Waals surface area contributed by atoms with Crippen molar-refractivity contribution in [3.8, 4) is 0 Å². The molecule has 2 nitrogen and oxygen atoms in total. The molecule has 0 bridgehead atoms. The molecule has 0 amide bonds. The Bertz CT molecular complexity index is 377. The molecular weight excluding hydrogens is 244 g/mol. The van der Waals surface area contributed by atoms with Gasteiger partial charge in [-0.1, -0.05) is 43.7 Å². The molecule has 2 rings (SSSR count). The Morgan fingerprint density at radius 1 is 1.15 bits per heavy atom. The van der Waals surface area contributed by atoms with E-state index < -0.39 is 0 Å². The highest BCUT2D eigenvalue weighted by molar-refractivity contribution is 5.24. The maximum absolute atomic E-state index is 3.79. The Morgan fingerprint density at radius 2 is 1.80 bits per heavy atom. The van der Waals surface area contributed by atoms with Crippen LogP contribution in [0.15, 0.2) is 24.3 Å². The summed E-state index contributed by atoms with van der Waals surface area (Å²) in [6, 6.07) is 9.50. The van der Waals surface area contributed by atoms with Crippen LogP contribution in [0.5, 0.6) is 0 Å². The van der Waals surface area contributed by atoms with Crippen molar-refractivity contribution in [1.29, 1.82) is 0 Å². The van der Waals surface area contributed by atoms with E-state index >= 15 is 0 Å². The lowest BCUT2D eigenvalue weighted by Crippen LogP contribution is -2.37. The summed E-state index contributed by atoms with van der Waals surface area (Å²) in [4.78, 5) is 2.56. The molecule has 0 spiro atoms. The van der Waals surface area contributed by atoms with E-state index in [1.807, 2.05) is 0 Å². The van der Waals surface area contributed by atoms with Crippen LogP contribution >= 0.6 is 0 Å². The first-order valence-electron chi connectivity index (χ1n) is 8.25. The van der Waals surface area contributed by atoms with Gasteiger partial charge in [0.1, 0.15) is 0 Å². The molecule has 112 valence electrons. The molecule has 1 aliphatic heterocycles. The predicted octanol–water partition coefficient (Wildman–Crippen LogP) is 3.77. The fourth-order valence-corrected chi connectivity index (χ4v) is 3.11. The number of nitrogens with one attached hydrogen (secondary N) is 1. The Morgan fingerprint density at radius 3 is 2.35 bits per heavy atom. The smallest absolute Gasteiger partial charge is 0.0317 e. The monoisotopic (exact) mass is 274 g/mol. The normalized spacial score (nSPS) is 19.1. The van der Waals surface area contributed by atoms with E-state index in [2.05, 4.69) is 55.3 Å². The molecule has 1 fully saturated rings. The number of hydrogen-bond acceptors (Lipinski definition) is 2. The van der Waals surface area contributed by atoms with E-state index in [1.54, 1.807) is 0 Å². The van der Waals surface area contributed by atoms with Crippen LogP contribution in [0.2, 0.25) is 0 Å². The number of benzene rings is 1. The SMILES string of the molecule is CCC(NCC1CCN(CC)CC1)c1ccc(C)cc1. The van der Waals surface area contributed by atoms with Crippen molar-refractivity contribution >= 4 is 0 Å². The van der Waals surface area contributed by atoms with E-state index in [4.69, 9.17) is 0 Å². The van der Waals surface area contributed by atoms with Crippen molar-refractivity contribution in [1.82, 2.24) is 10.2 Å². The Balaban J connectivity index is 1.81. The van der Waals surface area contributed by atoms with Crippen LogP contribution in [0.4, 0.5) is 0 Å². The molecule has 1 aromatic carbocycles. The summed E-state index contributed by atoms with van der Waals surface area (Å²) in [5.41, 5.74) is 2.78. The van der Waals surface area contributed by atoms with Gasteiger partial charge in [-0.15, -0.1) is 0 Å². The average Bonchev–Trinajstić information content (AvgIpc) is 2.50. The summed E-state index contributed by atoms with van der Waals surface area (Å²) in [6.45, 7) is 11.6. The molecule has 1 unspecified atom stereocenters. The zero-order valence-corrected chi connectivity index (χ0v) is 13.4. The van der Waals surface area contributed by atoms with Crippen LogP contribution in [0.25, 0.3) is 0 Å².